The molecule has 0 aliphatic carbocycles. The number of phenols is 1. The zero-order valence-electron chi connectivity index (χ0n) is 15.7. The first-order valence-corrected chi connectivity index (χ1v) is 8.16. The SMILES string of the molecule is COc1ccc(CNC(=O)[C@@H](NC(=O)OC(C)(C)C)C(C)C)c(O)c1. The molecule has 0 spiro atoms. The number of ether oxygens (including phenoxy) is 2. The van der Waals surface area contributed by atoms with Gasteiger partial charge in [0.1, 0.15) is 23.1 Å². The summed E-state index contributed by atoms with van der Waals surface area (Å²) in [4.78, 5) is 24.3. The largest absolute Gasteiger partial charge is 0.507 e. The van der Waals surface area contributed by atoms with Gasteiger partial charge in [0.25, 0.3) is 0 Å². The zero-order chi connectivity index (χ0) is 19.2. The van der Waals surface area contributed by atoms with Crippen LogP contribution in [-0.2, 0) is 16.1 Å². The van der Waals surface area contributed by atoms with Crippen LogP contribution < -0.4 is 15.4 Å². The molecule has 140 valence electrons. The van der Waals surface area contributed by atoms with E-state index in [2.05, 4.69) is 10.6 Å². The van der Waals surface area contributed by atoms with Gasteiger partial charge in [-0.1, -0.05) is 13.8 Å². The van der Waals surface area contributed by atoms with Crippen LogP contribution in [0.1, 0.15) is 40.2 Å². The minimum absolute atomic E-state index is 0.0286. The van der Waals surface area contributed by atoms with Crippen LogP contribution in [0, 0.1) is 5.92 Å². The Hall–Kier alpha value is -2.44. The molecule has 1 aromatic carbocycles. The van der Waals surface area contributed by atoms with E-state index in [9.17, 15) is 14.7 Å². The number of carbonyl (C=O) groups is 2. The van der Waals surface area contributed by atoms with Gasteiger partial charge in [-0.15, -0.1) is 0 Å². The third-order valence-corrected chi connectivity index (χ3v) is 3.37. The normalized spacial score (nSPS) is 12.4. The molecule has 0 aromatic heterocycles. The van der Waals surface area contributed by atoms with E-state index in [0.717, 1.165) is 0 Å². The maximum absolute atomic E-state index is 12.4. The van der Waals surface area contributed by atoms with Gasteiger partial charge in [-0.3, -0.25) is 4.79 Å². The summed E-state index contributed by atoms with van der Waals surface area (Å²) < 4.78 is 10.2. The summed E-state index contributed by atoms with van der Waals surface area (Å²) >= 11 is 0. The zero-order valence-corrected chi connectivity index (χ0v) is 15.7. The van der Waals surface area contributed by atoms with Crippen molar-refractivity contribution in [2.75, 3.05) is 7.11 Å². The number of carbonyl (C=O) groups excluding carboxylic acids is 2. The summed E-state index contributed by atoms with van der Waals surface area (Å²) in [5.41, 5.74) is -0.0920. The van der Waals surface area contributed by atoms with Crippen molar-refractivity contribution in [2.24, 2.45) is 5.92 Å². The Kier molecular flexibility index (Phi) is 7.09. The highest BCUT2D eigenvalue weighted by atomic mass is 16.6. The lowest BCUT2D eigenvalue weighted by atomic mass is 10.0. The van der Waals surface area contributed by atoms with Crippen LogP contribution in [0.3, 0.4) is 0 Å². The van der Waals surface area contributed by atoms with E-state index in [1.54, 1.807) is 32.9 Å². The van der Waals surface area contributed by atoms with Gasteiger partial charge >= 0.3 is 6.09 Å². The van der Waals surface area contributed by atoms with Crippen LogP contribution >= 0.6 is 0 Å². The van der Waals surface area contributed by atoms with Crippen molar-refractivity contribution in [1.82, 2.24) is 10.6 Å². The van der Waals surface area contributed by atoms with Crippen LogP contribution in [0.25, 0.3) is 0 Å². The van der Waals surface area contributed by atoms with E-state index >= 15 is 0 Å². The molecule has 0 unspecified atom stereocenters. The van der Waals surface area contributed by atoms with Crippen molar-refractivity contribution < 1.29 is 24.2 Å². The molecule has 0 aliphatic rings. The molecule has 0 radical (unpaired) electrons. The van der Waals surface area contributed by atoms with Crippen molar-refractivity contribution in [3.63, 3.8) is 0 Å². The van der Waals surface area contributed by atoms with Gasteiger partial charge in [0.15, 0.2) is 0 Å². The Morgan fingerprint density at radius 2 is 1.88 bits per heavy atom. The quantitative estimate of drug-likeness (QED) is 0.731. The molecular formula is C18H28N2O5. The van der Waals surface area contributed by atoms with E-state index in [-0.39, 0.29) is 24.1 Å². The van der Waals surface area contributed by atoms with Gasteiger partial charge in [-0.25, -0.2) is 4.79 Å². The van der Waals surface area contributed by atoms with Crippen molar-refractivity contribution >= 4 is 12.0 Å². The fourth-order valence-electron chi connectivity index (χ4n) is 2.08. The van der Waals surface area contributed by atoms with Crippen molar-refractivity contribution in [2.45, 2.75) is 52.8 Å². The summed E-state index contributed by atoms with van der Waals surface area (Å²) in [5, 5.41) is 15.2. The molecule has 0 saturated heterocycles. The lowest BCUT2D eigenvalue weighted by molar-refractivity contribution is -0.124. The van der Waals surface area contributed by atoms with Crippen LogP contribution in [0.5, 0.6) is 11.5 Å². The molecule has 1 atom stereocenters. The Morgan fingerprint density at radius 1 is 1.24 bits per heavy atom. The molecule has 0 fully saturated rings. The van der Waals surface area contributed by atoms with E-state index in [0.29, 0.717) is 11.3 Å². The number of methoxy groups -OCH3 is 1. The van der Waals surface area contributed by atoms with Gasteiger partial charge < -0.3 is 25.2 Å². The molecule has 0 aliphatic heterocycles. The number of aromatic hydroxyl groups is 1. The third kappa shape index (κ3) is 6.91. The molecule has 7 nitrogen and oxygen atoms in total. The molecule has 1 rings (SSSR count). The highest BCUT2D eigenvalue weighted by Gasteiger charge is 2.26. The van der Waals surface area contributed by atoms with Gasteiger partial charge in [-0.2, -0.15) is 0 Å². The molecule has 0 saturated carbocycles. The minimum atomic E-state index is -0.741. The summed E-state index contributed by atoms with van der Waals surface area (Å²) in [7, 11) is 1.51. The second-order valence-corrected chi connectivity index (χ2v) is 7.08. The molecule has 7 heteroatoms. The minimum Gasteiger partial charge on any atom is -0.507 e. The first kappa shape index (κ1) is 20.6. The Morgan fingerprint density at radius 3 is 2.36 bits per heavy atom. The summed E-state index contributed by atoms with van der Waals surface area (Å²) in [6.45, 7) is 9.04. The van der Waals surface area contributed by atoms with E-state index < -0.39 is 17.7 Å². The highest BCUT2D eigenvalue weighted by Crippen LogP contribution is 2.23. The van der Waals surface area contributed by atoms with E-state index in [1.807, 2.05) is 13.8 Å². The summed E-state index contributed by atoms with van der Waals surface area (Å²) in [5.74, 6) is 0.0770. The summed E-state index contributed by atoms with van der Waals surface area (Å²) in [6, 6.07) is 4.09. The second-order valence-electron chi connectivity index (χ2n) is 7.08. The Labute approximate surface area is 148 Å². The number of hydrogen-bond acceptors (Lipinski definition) is 5. The first-order chi connectivity index (χ1) is 11.5. The molecule has 25 heavy (non-hydrogen) atoms. The number of benzene rings is 1. The predicted octanol–water partition coefficient (Wildman–Crippen LogP) is 2.57. The number of alkyl carbamates (subject to hydrolysis) is 1. The van der Waals surface area contributed by atoms with Crippen molar-refractivity contribution in [3.05, 3.63) is 23.8 Å². The Balaban J connectivity index is 2.69. The topological polar surface area (TPSA) is 96.9 Å². The lowest BCUT2D eigenvalue weighted by Gasteiger charge is -2.25. The molecular weight excluding hydrogens is 324 g/mol. The number of phenolic OH excluding ortho intramolecular Hbond substituents is 1. The first-order valence-electron chi connectivity index (χ1n) is 8.16. The number of hydrogen-bond donors (Lipinski definition) is 3. The average molecular weight is 352 g/mol. The van der Waals surface area contributed by atoms with Crippen molar-refractivity contribution in [3.8, 4) is 11.5 Å². The van der Waals surface area contributed by atoms with Crippen LogP contribution in [-0.4, -0.2) is 35.9 Å². The fourth-order valence-corrected chi connectivity index (χ4v) is 2.08. The number of nitrogens with one attached hydrogen (secondary N) is 2. The molecule has 2 amide bonds. The van der Waals surface area contributed by atoms with Gasteiger partial charge in [0, 0.05) is 18.2 Å². The monoisotopic (exact) mass is 352 g/mol. The van der Waals surface area contributed by atoms with Gasteiger partial charge in [-0.05, 0) is 38.8 Å². The predicted molar refractivity (Wildman–Crippen MR) is 94.5 cm³/mol. The smallest absolute Gasteiger partial charge is 0.408 e. The Bertz CT molecular complexity index is 608. The fraction of sp³-hybridized carbons (Fsp3) is 0.556. The maximum atomic E-state index is 12.4. The van der Waals surface area contributed by atoms with Crippen molar-refractivity contribution in [1.29, 1.82) is 0 Å². The van der Waals surface area contributed by atoms with Crippen LogP contribution in [0.15, 0.2) is 18.2 Å². The lowest BCUT2D eigenvalue weighted by Crippen LogP contribution is -2.50. The second kappa shape index (κ2) is 8.60. The molecule has 3 N–H and O–H groups in total. The molecule has 0 heterocycles. The van der Waals surface area contributed by atoms with E-state index in [1.165, 1.54) is 13.2 Å². The van der Waals surface area contributed by atoms with Gasteiger partial charge in [0.05, 0.1) is 7.11 Å². The maximum Gasteiger partial charge on any atom is 0.408 e. The third-order valence-electron chi connectivity index (χ3n) is 3.37. The van der Waals surface area contributed by atoms with Crippen LogP contribution in [0.2, 0.25) is 0 Å². The highest BCUT2D eigenvalue weighted by molar-refractivity contribution is 5.85. The molecule has 1 aromatic rings. The number of rotatable bonds is 6. The number of amides is 2. The van der Waals surface area contributed by atoms with E-state index in [4.69, 9.17) is 9.47 Å². The summed E-state index contributed by atoms with van der Waals surface area (Å²) in [6.07, 6.45) is -0.645. The van der Waals surface area contributed by atoms with Gasteiger partial charge in [0.2, 0.25) is 5.91 Å². The standard InChI is InChI=1S/C18H28N2O5/c1-11(2)15(20-17(23)25-18(3,4)5)16(22)19-10-12-7-8-13(24-6)9-14(12)21/h7-9,11,15,21H,10H2,1-6H3,(H,19,22)(H,20,23)/t15-/m0/s1. The molecule has 0 bridgehead atoms. The average Bonchev–Trinajstić information content (AvgIpc) is 2.49. The van der Waals surface area contributed by atoms with Crippen LogP contribution in [0.4, 0.5) is 4.79 Å².